The van der Waals surface area contributed by atoms with Gasteiger partial charge in [0.25, 0.3) is 0 Å². The van der Waals surface area contributed by atoms with Crippen LogP contribution in [-0.2, 0) is 19.5 Å². The van der Waals surface area contributed by atoms with E-state index in [0.29, 0.717) is 0 Å². The Hall–Kier alpha value is 1.40. The van der Waals surface area contributed by atoms with Crippen molar-refractivity contribution in [3.05, 3.63) is 0 Å². The third-order valence-electron chi connectivity index (χ3n) is 0.776. The van der Waals surface area contributed by atoms with Gasteiger partial charge in [0, 0.05) is 19.5 Å². The summed E-state index contributed by atoms with van der Waals surface area (Å²) in [6.07, 6.45) is 0.930. The van der Waals surface area contributed by atoms with Crippen molar-refractivity contribution in [3.63, 3.8) is 0 Å². The summed E-state index contributed by atoms with van der Waals surface area (Å²) in [5.74, 6) is 0. The molecule has 0 nitrogen and oxygen atoms in total. The molecule has 0 aromatic carbocycles. The van der Waals surface area contributed by atoms with Crippen molar-refractivity contribution in [2.75, 3.05) is 0 Å². The SMILES string of the molecule is BBBCC(Cl)Cl.[Rh]. The number of hydrogen-bond donors (Lipinski definition) is 0. The summed E-state index contributed by atoms with van der Waals surface area (Å²) in [7, 11) is 4.43. The van der Waals surface area contributed by atoms with E-state index in [1.165, 1.54) is 7.06 Å². The first-order valence-electron chi connectivity index (χ1n) is 2.55. The largest absolute Gasteiger partial charge is 0.106 e. The van der Waals surface area contributed by atoms with Crippen molar-refractivity contribution in [2.24, 2.45) is 0 Å². The summed E-state index contributed by atoms with van der Waals surface area (Å²) in [4.78, 5) is -0.153. The molecule has 0 atom stereocenters. The van der Waals surface area contributed by atoms with Crippen LogP contribution >= 0.6 is 23.2 Å². The second kappa shape index (κ2) is 8.40. The van der Waals surface area contributed by atoms with E-state index in [9.17, 15) is 0 Å². The minimum absolute atomic E-state index is 0. The van der Waals surface area contributed by atoms with Crippen LogP contribution in [0.4, 0.5) is 0 Å². The topological polar surface area (TPSA) is 0 Å². The normalized spacial score (nSPS) is 7.88. The van der Waals surface area contributed by atoms with E-state index in [1.807, 2.05) is 0 Å². The van der Waals surface area contributed by atoms with Crippen molar-refractivity contribution in [1.29, 1.82) is 0 Å². The fourth-order valence-electron chi connectivity index (χ4n) is 0.358. The van der Waals surface area contributed by atoms with Gasteiger partial charge in [-0.3, -0.25) is 0 Å². The zero-order valence-corrected chi connectivity index (χ0v) is 7.94. The third-order valence-corrected chi connectivity index (χ3v) is 1.21. The van der Waals surface area contributed by atoms with Crippen LogP contribution in [-0.4, -0.2) is 26.8 Å². The van der Waals surface area contributed by atoms with Crippen LogP contribution in [0.15, 0.2) is 0 Å². The molecule has 0 aliphatic carbocycles. The van der Waals surface area contributed by atoms with Crippen LogP contribution in [0.3, 0.4) is 0 Å². The fraction of sp³-hybridized carbons (Fsp3) is 1.00. The molecular weight excluding hydrogens is 230 g/mol. The minimum atomic E-state index is -0.153. The van der Waals surface area contributed by atoms with E-state index in [4.69, 9.17) is 23.2 Å². The summed E-state index contributed by atoms with van der Waals surface area (Å²) < 4.78 is 0. The van der Waals surface area contributed by atoms with Crippen molar-refractivity contribution < 1.29 is 19.5 Å². The summed E-state index contributed by atoms with van der Waals surface area (Å²) >= 11 is 10.8. The van der Waals surface area contributed by atoms with Crippen LogP contribution in [0.5, 0.6) is 0 Å². The van der Waals surface area contributed by atoms with Gasteiger partial charge in [-0.25, -0.2) is 0 Å². The maximum Gasteiger partial charge on any atom is 0.100 e. The summed E-state index contributed by atoms with van der Waals surface area (Å²) in [6.45, 7) is 0. The number of hydrogen-bond acceptors (Lipinski definition) is 0. The molecule has 0 saturated carbocycles. The molecule has 0 heterocycles. The molecule has 0 amide bonds. The number of rotatable bonds is 3. The minimum Gasteiger partial charge on any atom is -0.106 e. The van der Waals surface area contributed by atoms with Crippen LogP contribution in [0, 0.1) is 0 Å². The molecule has 0 N–H and O–H groups in total. The van der Waals surface area contributed by atoms with Crippen molar-refractivity contribution in [3.8, 4) is 0 Å². The van der Waals surface area contributed by atoms with Gasteiger partial charge in [-0.1, -0.05) is 6.32 Å². The van der Waals surface area contributed by atoms with E-state index in [2.05, 4.69) is 7.74 Å². The van der Waals surface area contributed by atoms with Crippen molar-refractivity contribution in [2.45, 2.75) is 11.2 Å². The molecule has 0 saturated heterocycles. The Labute approximate surface area is 75.7 Å². The summed E-state index contributed by atoms with van der Waals surface area (Å²) in [5.41, 5.74) is 0. The summed E-state index contributed by atoms with van der Waals surface area (Å²) in [6, 6.07) is 0. The van der Waals surface area contributed by atoms with Gasteiger partial charge >= 0.3 is 0 Å². The van der Waals surface area contributed by atoms with E-state index in [-0.39, 0.29) is 24.3 Å². The van der Waals surface area contributed by atoms with Crippen LogP contribution < -0.4 is 0 Å². The summed E-state index contributed by atoms with van der Waals surface area (Å²) in [5, 5.41) is 0. The van der Waals surface area contributed by atoms with Gasteiger partial charge in [-0.2, -0.15) is 0 Å². The molecule has 0 aliphatic heterocycles. The van der Waals surface area contributed by atoms with E-state index >= 15 is 0 Å². The Balaban J connectivity index is 0. The first kappa shape index (κ1) is 12.1. The van der Waals surface area contributed by atoms with Gasteiger partial charge < -0.3 is 0 Å². The van der Waals surface area contributed by atoms with Gasteiger partial charge in [-0.15, -0.1) is 23.2 Å². The molecule has 0 fully saturated rings. The first-order valence-corrected chi connectivity index (χ1v) is 3.42. The van der Waals surface area contributed by atoms with Gasteiger partial charge in [0.1, 0.15) is 4.84 Å². The first-order chi connectivity index (χ1) is 3.27. The van der Waals surface area contributed by atoms with Crippen LogP contribution in [0.25, 0.3) is 0 Å². The third kappa shape index (κ3) is 10.4. The number of halogens is 2. The molecule has 1 radical (unpaired) electrons. The van der Waals surface area contributed by atoms with Gasteiger partial charge in [0.2, 0.25) is 0 Å². The quantitative estimate of drug-likeness (QED) is 0.460. The molecule has 47 valence electrons. The van der Waals surface area contributed by atoms with Gasteiger partial charge in [0.15, 0.2) is 0 Å². The second-order valence-electron chi connectivity index (χ2n) is 1.53. The maximum atomic E-state index is 5.42. The van der Waals surface area contributed by atoms with Crippen molar-refractivity contribution in [1.82, 2.24) is 0 Å². The van der Waals surface area contributed by atoms with Gasteiger partial charge in [-0.05, 0) is 0 Å². The molecule has 0 bridgehead atoms. The van der Waals surface area contributed by atoms with E-state index < -0.39 is 0 Å². The van der Waals surface area contributed by atoms with E-state index in [0.717, 1.165) is 13.5 Å². The van der Waals surface area contributed by atoms with E-state index in [1.54, 1.807) is 0 Å². The van der Waals surface area contributed by atoms with Crippen LogP contribution in [0.2, 0.25) is 6.32 Å². The molecule has 8 heavy (non-hydrogen) atoms. The predicted octanol–water partition coefficient (Wildman–Crippen LogP) is -0.458. The fourth-order valence-corrected chi connectivity index (χ4v) is 0.667. The Kier molecular flexibility index (Phi) is 12.7. The van der Waals surface area contributed by atoms with Crippen molar-refractivity contribution >= 4 is 45.2 Å². The standard InChI is InChI=1S/C2H7B3Cl2.Rh/c3-5-4-1-2(6)7;/h2,4-5H,1,3H2;. The van der Waals surface area contributed by atoms with Gasteiger partial charge in [0.05, 0.1) is 22.0 Å². The Bertz CT molecular complexity index is 44.3. The van der Waals surface area contributed by atoms with Crippen LogP contribution in [0.1, 0.15) is 0 Å². The number of alkyl halides is 2. The molecular formula is C2H7B3Cl2Rh. The average Bonchev–Trinajstić information content (AvgIpc) is 1.61. The molecule has 0 aromatic heterocycles. The maximum absolute atomic E-state index is 5.42. The molecule has 0 aliphatic rings. The predicted molar refractivity (Wildman–Crippen MR) is 43.1 cm³/mol. The molecule has 0 aromatic rings. The molecule has 0 unspecified atom stereocenters. The smallest absolute Gasteiger partial charge is 0.100 e. The Morgan fingerprint density at radius 1 is 1.50 bits per heavy atom. The molecule has 6 heteroatoms. The zero-order valence-electron chi connectivity index (χ0n) is 4.79. The molecule has 0 spiro atoms. The monoisotopic (exact) mass is 237 g/mol. The molecule has 0 rings (SSSR count). The zero-order chi connectivity index (χ0) is 5.70. The Morgan fingerprint density at radius 3 is 2.12 bits per heavy atom. The second-order valence-corrected chi connectivity index (χ2v) is 2.81. The Morgan fingerprint density at radius 2 is 2.00 bits per heavy atom. The average molecular weight is 237 g/mol.